The number of ether oxygens (including phenoxy) is 2. The summed E-state index contributed by atoms with van der Waals surface area (Å²) >= 11 is 0. The normalized spacial score (nSPS) is 22.4. The van der Waals surface area contributed by atoms with Crippen LogP contribution in [0, 0.1) is 11.7 Å². The highest BCUT2D eigenvalue weighted by Crippen LogP contribution is 2.31. The Bertz CT molecular complexity index is 996. The molecular formula is C27H33FN2O4. The molecule has 0 radical (unpaired) electrons. The first-order valence-corrected chi connectivity index (χ1v) is 12.1. The van der Waals surface area contributed by atoms with Crippen molar-refractivity contribution in [1.82, 2.24) is 10.2 Å². The molecule has 2 aromatic rings. The maximum Gasteiger partial charge on any atom is 0.222 e. The second-order valence-electron chi connectivity index (χ2n) is 9.44. The van der Waals surface area contributed by atoms with Gasteiger partial charge >= 0.3 is 0 Å². The van der Waals surface area contributed by atoms with Gasteiger partial charge in [0.05, 0.1) is 13.7 Å². The van der Waals surface area contributed by atoms with Gasteiger partial charge in [-0.3, -0.25) is 9.59 Å². The summed E-state index contributed by atoms with van der Waals surface area (Å²) in [6, 6.07) is 14.3. The van der Waals surface area contributed by atoms with Gasteiger partial charge in [-0.05, 0) is 61.9 Å². The van der Waals surface area contributed by atoms with E-state index in [1.54, 1.807) is 25.3 Å². The lowest BCUT2D eigenvalue weighted by Gasteiger charge is -2.34. The molecule has 2 atom stereocenters. The van der Waals surface area contributed by atoms with E-state index in [-0.39, 0.29) is 29.3 Å². The van der Waals surface area contributed by atoms with Crippen LogP contribution in [0.4, 0.5) is 4.39 Å². The van der Waals surface area contributed by atoms with Gasteiger partial charge in [-0.1, -0.05) is 24.3 Å². The molecule has 2 aliphatic rings. The number of amides is 2. The van der Waals surface area contributed by atoms with Crippen molar-refractivity contribution in [2.75, 3.05) is 26.8 Å². The van der Waals surface area contributed by atoms with Crippen molar-refractivity contribution < 1.29 is 23.5 Å². The third-order valence-corrected chi connectivity index (χ3v) is 6.94. The standard InChI is InChI=1S/C27H33FN2O4/c1-33-22-10-8-20(9-11-22)17-27(14-12-25(31)29-27)15-13-26(32)30-16-4-5-21(18-30)19-34-24-7-3-2-6-23(24)28/h2-3,6-11,21H,4-5,12-19H2,1H3,(H,29,31)/t21-,27+/m0/s1. The molecule has 6 nitrogen and oxygen atoms in total. The highest BCUT2D eigenvalue weighted by Gasteiger charge is 2.38. The Labute approximate surface area is 200 Å². The number of likely N-dealkylation sites (tertiary alicyclic amines) is 1. The first-order chi connectivity index (χ1) is 16.5. The van der Waals surface area contributed by atoms with E-state index in [2.05, 4.69) is 5.32 Å². The van der Waals surface area contributed by atoms with Crippen molar-refractivity contribution in [1.29, 1.82) is 0 Å². The van der Waals surface area contributed by atoms with Crippen LogP contribution in [-0.2, 0) is 16.0 Å². The molecule has 182 valence electrons. The molecule has 2 amide bonds. The largest absolute Gasteiger partial charge is 0.497 e. The number of para-hydroxylation sites is 1. The van der Waals surface area contributed by atoms with Gasteiger partial charge in [0.25, 0.3) is 0 Å². The third-order valence-electron chi connectivity index (χ3n) is 6.94. The van der Waals surface area contributed by atoms with E-state index in [0.29, 0.717) is 38.8 Å². The SMILES string of the molecule is COc1ccc(C[C@]2(CCC(=O)N3CCC[C@H](COc4ccccc4F)C3)CCC(=O)N2)cc1. The molecule has 0 spiro atoms. The maximum atomic E-state index is 13.8. The van der Waals surface area contributed by atoms with Crippen molar-refractivity contribution in [2.24, 2.45) is 5.92 Å². The van der Waals surface area contributed by atoms with Gasteiger partial charge in [-0.15, -0.1) is 0 Å². The van der Waals surface area contributed by atoms with Crippen LogP contribution in [0.25, 0.3) is 0 Å². The number of nitrogens with one attached hydrogen (secondary N) is 1. The highest BCUT2D eigenvalue weighted by molar-refractivity contribution is 5.80. The van der Waals surface area contributed by atoms with Crippen molar-refractivity contribution in [3.63, 3.8) is 0 Å². The van der Waals surface area contributed by atoms with Gasteiger partial charge in [0, 0.05) is 37.4 Å². The molecule has 2 saturated heterocycles. The average Bonchev–Trinajstić information content (AvgIpc) is 3.23. The molecule has 2 aliphatic heterocycles. The molecule has 2 aromatic carbocycles. The third kappa shape index (κ3) is 6.07. The van der Waals surface area contributed by atoms with E-state index < -0.39 is 5.54 Å². The van der Waals surface area contributed by atoms with Gasteiger partial charge in [0.2, 0.25) is 11.8 Å². The van der Waals surface area contributed by atoms with Crippen LogP contribution in [0.15, 0.2) is 48.5 Å². The second-order valence-corrected chi connectivity index (χ2v) is 9.44. The van der Waals surface area contributed by atoms with E-state index >= 15 is 0 Å². The number of benzene rings is 2. The van der Waals surface area contributed by atoms with Crippen molar-refractivity contribution in [3.05, 3.63) is 59.9 Å². The maximum absolute atomic E-state index is 13.8. The fourth-order valence-corrected chi connectivity index (χ4v) is 5.02. The molecule has 2 fully saturated rings. The number of rotatable bonds is 9. The Morgan fingerprint density at radius 3 is 2.71 bits per heavy atom. The Hall–Kier alpha value is -3.09. The van der Waals surface area contributed by atoms with E-state index in [1.807, 2.05) is 29.2 Å². The molecule has 2 heterocycles. The smallest absolute Gasteiger partial charge is 0.222 e. The van der Waals surface area contributed by atoms with Gasteiger partial charge < -0.3 is 19.7 Å². The van der Waals surface area contributed by atoms with E-state index in [9.17, 15) is 14.0 Å². The summed E-state index contributed by atoms with van der Waals surface area (Å²) in [5.74, 6) is 1.00. The Morgan fingerprint density at radius 2 is 2.00 bits per heavy atom. The van der Waals surface area contributed by atoms with Gasteiger partial charge in [0.15, 0.2) is 11.6 Å². The number of hydrogen-bond donors (Lipinski definition) is 1. The number of piperidine rings is 1. The van der Waals surface area contributed by atoms with Crippen LogP contribution in [0.3, 0.4) is 0 Å². The predicted molar refractivity (Wildman–Crippen MR) is 127 cm³/mol. The van der Waals surface area contributed by atoms with E-state index in [1.165, 1.54) is 6.07 Å². The fourth-order valence-electron chi connectivity index (χ4n) is 5.02. The molecule has 0 aliphatic carbocycles. The molecular weight excluding hydrogens is 435 g/mol. The van der Waals surface area contributed by atoms with E-state index in [0.717, 1.165) is 37.1 Å². The van der Waals surface area contributed by atoms with Crippen molar-refractivity contribution >= 4 is 11.8 Å². The topological polar surface area (TPSA) is 67.9 Å². The zero-order valence-electron chi connectivity index (χ0n) is 19.7. The van der Waals surface area contributed by atoms with Crippen molar-refractivity contribution in [3.8, 4) is 11.5 Å². The minimum atomic E-state index is -0.398. The number of carbonyl (C=O) groups is 2. The summed E-state index contributed by atoms with van der Waals surface area (Å²) in [5.41, 5.74) is 0.712. The van der Waals surface area contributed by atoms with E-state index in [4.69, 9.17) is 9.47 Å². The molecule has 0 bridgehead atoms. The van der Waals surface area contributed by atoms with Crippen LogP contribution in [0.2, 0.25) is 0 Å². The van der Waals surface area contributed by atoms with Crippen LogP contribution in [0.5, 0.6) is 11.5 Å². The summed E-state index contributed by atoms with van der Waals surface area (Å²) in [6.07, 6.45) is 4.76. The number of nitrogens with zero attached hydrogens (tertiary/aromatic N) is 1. The van der Waals surface area contributed by atoms with Gasteiger partial charge in [0.1, 0.15) is 5.75 Å². The lowest BCUT2D eigenvalue weighted by molar-refractivity contribution is -0.134. The number of methoxy groups -OCH3 is 1. The first-order valence-electron chi connectivity index (χ1n) is 12.1. The predicted octanol–water partition coefficient (Wildman–Crippen LogP) is 4.12. The quantitative estimate of drug-likeness (QED) is 0.601. The minimum absolute atomic E-state index is 0.0456. The molecule has 4 rings (SSSR count). The monoisotopic (exact) mass is 468 g/mol. The van der Waals surface area contributed by atoms with Crippen LogP contribution >= 0.6 is 0 Å². The average molecular weight is 469 g/mol. The first kappa shape index (κ1) is 24.0. The Kier molecular flexibility index (Phi) is 7.70. The lowest BCUT2D eigenvalue weighted by atomic mass is 9.84. The molecule has 1 N–H and O–H groups in total. The van der Waals surface area contributed by atoms with Crippen LogP contribution in [-0.4, -0.2) is 49.1 Å². The zero-order valence-corrected chi connectivity index (χ0v) is 19.7. The van der Waals surface area contributed by atoms with Gasteiger partial charge in [-0.2, -0.15) is 0 Å². The molecule has 0 aromatic heterocycles. The lowest BCUT2D eigenvalue weighted by Crippen LogP contribution is -2.46. The fraction of sp³-hybridized carbons (Fsp3) is 0.481. The Balaban J connectivity index is 1.32. The summed E-state index contributed by atoms with van der Waals surface area (Å²) < 4.78 is 24.8. The highest BCUT2D eigenvalue weighted by atomic mass is 19.1. The summed E-state index contributed by atoms with van der Waals surface area (Å²) in [5, 5.41) is 3.16. The minimum Gasteiger partial charge on any atom is -0.497 e. The summed E-state index contributed by atoms with van der Waals surface area (Å²) in [4.78, 5) is 27.1. The van der Waals surface area contributed by atoms with Crippen LogP contribution in [0.1, 0.15) is 44.1 Å². The van der Waals surface area contributed by atoms with Crippen molar-refractivity contribution in [2.45, 2.75) is 50.5 Å². The summed E-state index contributed by atoms with van der Waals surface area (Å²) in [7, 11) is 1.64. The van der Waals surface area contributed by atoms with Gasteiger partial charge in [-0.25, -0.2) is 4.39 Å². The number of halogens is 1. The molecule has 0 saturated carbocycles. The molecule has 0 unspecified atom stereocenters. The summed E-state index contributed by atoms with van der Waals surface area (Å²) in [6.45, 7) is 1.74. The zero-order chi connectivity index (χ0) is 24.0. The number of hydrogen-bond acceptors (Lipinski definition) is 4. The second kappa shape index (κ2) is 10.9. The number of carbonyl (C=O) groups excluding carboxylic acids is 2. The van der Waals surface area contributed by atoms with Crippen LogP contribution < -0.4 is 14.8 Å². The Morgan fingerprint density at radius 1 is 1.21 bits per heavy atom. The molecule has 7 heteroatoms. The molecule has 34 heavy (non-hydrogen) atoms.